The van der Waals surface area contributed by atoms with E-state index in [0.29, 0.717) is 41.4 Å². The van der Waals surface area contributed by atoms with Crippen molar-refractivity contribution in [2.45, 2.75) is 149 Å². The smallest absolute Gasteiger partial charge is 0.222 e. The van der Waals surface area contributed by atoms with Crippen LogP contribution >= 0.6 is 0 Å². The largest absolute Gasteiger partial charge is 0.375 e. The molecule has 1 amide bonds. The summed E-state index contributed by atoms with van der Waals surface area (Å²) in [6, 6.07) is 0.366. The van der Waals surface area contributed by atoms with Crippen molar-refractivity contribution in [3.63, 3.8) is 0 Å². The molecule has 0 N–H and O–H groups in total. The van der Waals surface area contributed by atoms with Crippen LogP contribution in [0.1, 0.15) is 131 Å². The first-order chi connectivity index (χ1) is 17.1. The minimum Gasteiger partial charge on any atom is -0.375 e. The maximum atomic E-state index is 12.8. The summed E-state index contributed by atoms with van der Waals surface area (Å²) in [7, 11) is 2.10. The Morgan fingerprint density at radius 1 is 0.917 bits per heavy atom. The summed E-state index contributed by atoms with van der Waals surface area (Å²) in [4.78, 5) is 15.0. The minimum atomic E-state index is 0.266. The third-order valence-corrected chi connectivity index (χ3v) is 12.7. The van der Waals surface area contributed by atoms with Gasteiger partial charge in [0, 0.05) is 19.5 Å². The molecule has 0 aromatic rings. The molecule has 5 unspecified atom stereocenters. The van der Waals surface area contributed by atoms with Crippen LogP contribution in [0.4, 0.5) is 0 Å². The van der Waals surface area contributed by atoms with E-state index in [9.17, 15) is 4.79 Å². The minimum absolute atomic E-state index is 0.266. The molecule has 36 heavy (non-hydrogen) atoms. The fourth-order valence-corrected chi connectivity index (χ4v) is 10.7. The molecule has 1 heterocycles. The molecule has 206 valence electrons. The molecule has 0 aromatic carbocycles. The second-order valence-corrected chi connectivity index (χ2v) is 15.0. The van der Waals surface area contributed by atoms with E-state index < -0.39 is 0 Å². The van der Waals surface area contributed by atoms with Crippen molar-refractivity contribution in [1.82, 2.24) is 4.90 Å². The van der Waals surface area contributed by atoms with E-state index in [1.54, 1.807) is 0 Å². The first-order valence-corrected chi connectivity index (χ1v) is 16.1. The zero-order valence-corrected chi connectivity index (χ0v) is 24.6. The maximum absolute atomic E-state index is 12.8. The molecule has 5 aliphatic rings. The molecule has 5 rings (SSSR count). The van der Waals surface area contributed by atoms with Crippen molar-refractivity contribution in [1.29, 1.82) is 0 Å². The highest BCUT2D eigenvalue weighted by Crippen LogP contribution is 2.67. The lowest BCUT2D eigenvalue weighted by molar-refractivity contribution is -0.202. The van der Waals surface area contributed by atoms with E-state index in [1.807, 2.05) is 0 Å². The molecule has 5 fully saturated rings. The molecule has 1 saturated heterocycles. The Hall–Kier alpha value is -0.570. The lowest BCUT2D eigenvalue weighted by Crippen LogP contribution is -2.65. The van der Waals surface area contributed by atoms with Gasteiger partial charge in [-0.05, 0) is 97.7 Å². The summed E-state index contributed by atoms with van der Waals surface area (Å²) in [6.07, 6.45) is 20.1. The van der Waals surface area contributed by atoms with Gasteiger partial charge in [0.15, 0.2) is 0 Å². The lowest BCUT2D eigenvalue weighted by Gasteiger charge is -2.64. The van der Waals surface area contributed by atoms with Gasteiger partial charge < -0.3 is 9.64 Å². The van der Waals surface area contributed by atoms with E-state index >= 15 is 0 Å². The Kier molecular flexibility index (Phi) is 7.91. The first-order valence-electron chi connectivity index (χ1n) is 16.1. The molecular weight excluding hydrogens is 442 g/mol. The van der Waals surface area contributed by atoms with E-state index in [2.05, 4.69) is 46.6 Å². The van der Waals surface area contributed by atoms with Crippen LogP contribution < -0.4 is 0 Å². The van der Waals surface area contributed by atoms with Gasteiger partial charge in [0.2, 0.25) is 5.91 Å². The molecule has 0 aromatic heterocycles. The highest BCUT2D eigenvalue weighted by Gasteiger charge is 2.64. The zero-order chi connectivity index (χ0) is 25.7. The van der Waals surface area contributed by atoms with Crippen LogP contribution in [0.25, 0.3) is 0 Å². The van der Waals surface area contributed by atoms with E-state index in [-0.39, 0.29) is 5.41 Å². The Morgan fingerprint density at radius 2 is 1.64 bits per heavy atom. The quantitative estimate of drug-likeness (QED) is 0.353. The summed E-state index contributed by atoms with van der Waals surface area (Å²) < 4.78 is 7.18. The summed E-state index contributed by atoms with van der Waals surface area (Å²) in [6.45, 7) is 12.6. The van der Waals surface area contributed by atoms with Gasteiger partial charge >= 0.3 is 0 Å². The van der Waals surface area contributed by atoms with Gasteiger partial charge in [-0.3, -0.25) is 4.79 Å². The number of likely N-dealkylation sites (tertiary alicyclic amines) is 1. The van der Waals surface area contributed by atoms with Gasteiger partial charge in [-0.2, -0.15) is 0 Å². The number of carbonyl (C=O) groups is 1. The van der Waals surface area contributed by atoms with Gasteiger partial charge in [0.05, 0.1) is 12.2 Å². The predicted octanol–water partition coefficient (Wildman–Crippen LogP) is 8.26. The average molecular weight is 500 g/mol. The zero-order valence-electron chi connectivity index (χ0n) is 24.6. The Bertz CT molecular complexity index is 774. The second kappa shape index (κ2) is 10.5. The van der Waals surface area contributed by atoms with Gasteiger partial charge in [0.25, 0.3) is 0 Å². The van der Waals surface area contributed by atoms with Crippen molar-refractivity contribution in [2.24, 2.45) is 46.3 Å². The van der Waals surface area contributed by atoms with Crippen LogP contribution in [-0.4, -0.2) is 36.1 Å². The summed E-state index contributed by atoms with van der Waals surface area (Å²) in [5.41, 5.74) is 0.744. The molecule has 3 heteroatoms. The molecule has 3 nitrogen and oxygen atoms in total. The van der Waals surface area contributed by atoms with Gasteiger partial charge in [-0.1, -0.05) is 73.1 Å². The lowest BCUT2D eigenvalue weighted by atomic mass is 9.45. The van der Waals surface area contributed by atoms with Gasteiger partial charge in [0.1, 0.15) is 0 Å². The Morgan fingerprint density at radius 3 is 2.36 bits per heavy atom. The van der Waals surface area contributed by atoms with Crippen molar-refractivity contribution >= 4 is 5.91 Å². The number of carbonyl (C=O) groups excluding carboxylic acids is 1. The number of fused-ring (bicyclic) bond motifs is 5. The van der Waals surface area contributed by atoms with Gasteiger partial charge in [-0.15, -0.1) is 0 Å². The molecule has 1 aliphatic heterocycles. The topological polar surface area (TPSA) is 29.5 Å². The maximum Gasteiger partial charge on any atom is 0.222 e. The monoisotopic (exact) mass is 499 g/mol. The molecule has 9 atom stereocenters. The number of ether oxygens (including phenoxy) is 1. The fourth-order valence-electron chi connectivity index (χ4n) is 10.7. The van der Waals surface area contributed by atoms with Crippen molar-refractivity contribution in [2.75, 3.05) is 7.05 Å². The van der Waals surface area contributed by atoms with Crippen LogP contribution in [0.5, 0.6) is 0 Å². The molecule has 0 spiro atoms. The van der Waals surface area contributed by atoms with Crippen LogP contribution in [0.15, 0.2) is 0 Å². The van der Waals surface area contributed by atoms with Crippen molar-refractivity contribution < 1.29 is 9.53 Å². The van der Waals surface area contributed by atoms with Crippen LogP contribution in [0.3, 0.4) is 0 Å². The number of amides is 1. The molecule has 4 aliphatic carbocycles. The number of piperidine rings is 1. The SMILES string of the molecule is CC(C)CCCC(C)C1CCC2C3C(CC[C@]12C)[C@@]1(C)CCC(=O)N(C)[C@@H]1C[C@@H]3OC1CCCCC1. The molecule has 0 radical (unpaired) electrons. The Labute approximate surface area is 222 Å². The van der Waals surface area contributed by atoms with E-state index in [4.69, 9.17) is 4.74 Å². The van der Waals surface area contributed by atoms with Crippen molar-refractivity contribution in [3.8, 4) is 0 Å². The number of hydrogen-bond donors (Lipinski definition) is 0. The van der Waals surface area contributed by atoms with Crippen molar-refractivity contribution in [3.05, 3.63) is 0 Å². The van der Waals surface area contributed by atoms with E-state index in [0.717, 1.165) is 42.9 Å². The summed E-state index contributed by atoms with van der Waals surface area (Å²) >= 11 is 0. The normalized spacial score (nSPS) is 44.3. The Balaban J connectivity index is 1.40. The van der Waals surface area contributed by atoms with Crippen LogP contribution in [-0.2, 0) is 9.53 Å². The second-order valence-electron chi connectivity index (χ2n) is 15.0. The highest BCUT2D eigenvalue weighted by molar-refractivity contribution is 5.77. The third-order valence-electron chi connectivity index (χ3n) is 12.7. The first kappa shape index (κ1) is 27.0. The summed E-state index contributed by atoms with van der Waals surface area (Å²) in [5, 5.41) is 0. The van der Waals surface area contributed by atoms with Crippen LogP contribution in [0.2, 0.25) is 0 Å². The highest BCUT2D eigenvalue weighted by atomic mass is 16.5. The number of nitrogens with zero attached hydrogens (tertiary/aromatic N) is 1. The number of rotatable bonds is 7. The fraction of sp³-hybridized carbons (Fsp3) is 0.970. The third kappa shape index (κ3) is 4.71. The predicted molar refractivity (Wildman–Crippen MR) is 149 cm³/mol. The van der Waals surface area contributed by atoms with Gasteiger partial charge in [-0.25, -0.2) is 0 Å². The molecule has 0 bridgehead atoms. The van der Waals surface area contributed by atoms with Crippen LogP contribution in [0, 0.1) is 46.3 Å². The molecular formula is C33H57NO2. The number of hydrogen-bond acceptors (Lipinski definition) is 2. The standard InChI is InChI=1S/C33H57NO2/c1-22(2)11-10-12-23(3)25-15-16-26-31-27(17-19-32(25,26)4)33(5)20-18-30(35)34(6)29(33)21-28(31)36-24-13-8-7-9-14-24/h22-29,31H,7-21H2,1-6H3/t23?,25?,26?,27?,28-,29+,31?,32+,33+/m0/s1. The molecule has 4 saturated carbocycles. The average Bonchev–Trinajstić information content (AvgIpc) is 3.20. The summed E-state index contributed by atoms with van der Waals surface area (Å²) in [5.74, 6) is 5.14. The van der Waals surface area contributed by atoms with E-state index in [1.165, 1.54) is 77.0 Å².